The Hall–Kier alpha value is 0.513. The molecule has 0 bridgehead atoms. The van der Waals surface area contributed by atoms with Gasteiger partial charge in [-0.25, -0.2) is 0 Å². The summed E-state index contributed by atoms with van der Waals surface area (Å²) >= 11 is 1.82. The van der Waals surface area contributed by atoms with E-state index in [2.05, 4.69) is 75.0 Å². The van der Waals surface area contributed by atoms with Crippen LogP contribution in [-0.4, -0.2) is 61.3 Å². The molecule has 98 valence electrons. The normalized spacial score (nSPS) is 12.6. The van der Waals surface area contributed by atoms with Gasteiger partial charge in [0.2, 0.25) is 0 Å². The van der Waals surface area contributed by atoms with Crippen molar-refractivity contribution in [1.82, 2.24) is 0 Å². The Kier molecular flexibility index (Phi) is 10.6. The van der Waals surface area contributed by atoms with Crippen LogP contribution < -0.4 is 4.35 Å². The van der Waals surface area contributed by atoms with E-state index in [1.807, 2.05) is 0 Å². The van der Waals surface area contributed by atoms with E-state index in [-0.39, 0.29) is 0 Å². The molecule has 18 heavy (non-hydrogen) atoms. The number of rotatable bonds is 5. The first-order valence-electron chi connectivity index (χ1n) is 6.20. The Morgan fingerprint density at radius 3 is 1.78 bits per heavy atom. The van der Waals surface area contributed by atoms with Gasteiger partial charge in [-0.15, -0.1) is 0 Å². The summed E-state index contributed by atoms with van der Waals surface area (Å²) in [6, 6.07) is 11.0. The fraction of sp³-hybridized carbons (Fsp3) is 0.538. The first-order valence-corrected chi connectivity index (χ1v) is 15.3. The quantitative estimate of drug-likeness (QED) is 0.607. The van der Waals surface area contributed by atoms with Crippen LogP contribution in [0, 0.1) is 0 Å². The standard InChI is InChI=1S/C9H14AsSi.C4H10O2.Li/c1-11(2,3)10-9-7-5-4-6-8-9;1-5-3-4-6-2;/h4-8H,1-3H3;3-4H2,1-2H3;/q-1;;+1. The van der Waals surface area contributed by atoms with Gasteiger partial charge in [-0.05, 0) is 0 Å². The summed E-state index contributed by atoms with van der Waals surface area (Å²) in [5.74, 6) is 0. The molecule has 0 spiro atoms. The molecule has 0 heterocycles. The summed E-state index contributed by atoms with van der Waals surface area (Å²) in [5, 5.41) is 0. The Balaban J connectivity index is 0.000000411. The first-order chi connectivity index (χ1) is 8.43. The van der Waals surface area contributed by atoms with Gasteiger partial charge in [0.1, 0.15) is 0 Å². The number of hydrogen-bond donors (Lipinski definition) is 0. The molecule has 0 aliphatic heterocycles. The molecule has 1 unspecified atom stereocenters. The molecular weight excluding hydrogens is 298 g/mol. The monoisotopic (exact) mass is 322 g/mol. The van der Waals surface area contributed by atoms with Crippen molar-refractivity contribution < 1.29 is 9.47 Å². The Morgan fingerprint density at radius 2 is 1.44 bits per heavy atom. The SMILES string of the molecule is COCCOC.[Li][As](c1ccccc1)[Si](C)(C)C. The molecule has 5 heteroatoms. The maximum absolute atomic E-state index is 4.66. The van der Waals surface area contributed by atoms with Crippen LogP contribution >= 0.6 is 0 Å². The Labute approximate surface area is 124 Å². The van der Waals surface area contributed by atoms with Crippen LogP contribution in [0.1, 0.15) is 0 Å². The van der Waals surface area contributed by atoms with Crippen molar-refractivity contribution in [2.24, 2.45) is 0 Å². The summed E-state index contributed by atoms with van der Waals surface area (Å²) in [4.78, 5) is 0. The molecule has 2 nitrogen and oxygen atoms in total. The Bertz CT molecular complexity index is 300. The fourth-order valence-electron chi connectivity index (χ4n) is 1.21. The van der Waals surface area contributed by atoms with Gasteiger partial charge < -0.3 is 9.47 Å². The van der Waals surface area contributed by atoms with Crippen molar-refractivity contribution in [2.45, 2.75) is 19.6 Å². The number of hydrogen-bond acceptors (Lipinski definition) is 2. The summed E-state index contributed by atoms with van der Waals surface area (Å²) in [5.41, 5.74) is 0. The van der Waals surface area contributed by atoms with Gasteiger partial charge in [0.25, 0.3) is 0 Å². The van der Waals surface area contributed by atoms with Crippen molar-refractivity contribution in [3.8, 4) is 0 Å². The van der Waals surface area contributed by atoms with E-state index >= 15 is 0 Å². The van der Waals surface area contributed by atoms with Crippen LogP contribution in [0.2, 0.25) is 19.6 Å². The molecule has 1 atom stereocenters. The van der Waals surface area contributed by atoms with E-state index in [9.17, 15) is 0 Å². The topological polar surface area (TPSA) is 18.5 Å². The molecule has 0 fully saturated rings. The van der Waals surface area contributed by atoms with Gasteiger partial charge >= 0.3 is 88.2 Å². The summed E-state index contributed by atoms with van der Waals surface area (Å²) < 4.78 is 11.0. The van der Waals surface area contributed by atoms with Gasteiger partial charge in [0, 0.05) is 14.2 Å². The molecule has 0 saturated carbocycles. The van der Waals surface area contributed by atoms with Crippen LogP contribution in [-0.2, 0) is 9.47 Å². The molecule has 0 N–H and O–H groups in total. The van der Waals surface area contributed by atoms with Gasteiger partial charge in [0.15, 0.2) is 0 Å². The second kappa shape index (κ2) is 10.3. The van der Waals surface area contributed by atoms with Gasteiger partial charge in [-0.2, -0.15) is 0 Å². The molecule has 0 saturated heterocycles. The third kappa shape index (κ3) is 8.59. The maximum atomic E-state index is 4.66. The average molecular weight is 322 g/mol. The van der Waals surface area contributed by atoms with Crippen LogP contribution in [0.3, 0.4) is 0 Å². The zero-order valence-electron chi connectivity index (χ0n) is 12.6. The van der Waals surface area contributed by atoms with E-state index in [1.54, 1.807) is 18.6 Å². The van der Waals surface area contributed by atoms with Crippen molar-refractivity contribution in [1.29, 1.82) is 0 Å². The molecule has 1 rings (SSSR count). The van der Waals surface area contributed by atoms with Crippen LogP contribution in [0.4, 0.5) is 0 Å². The van der Waals surface area contributed by atoms with E-state index in [0.717, 1.165) is 0 Å². The molecule has 0 amide bonds. The van der Waals surface area contributed by atoms with E-state index in [1.165, 1.54) is 0 Å². The summed E-state index contributed by atoms with van der Waals surface area (Å²) in [6.45, 7) is 7.98. The predicted molar refractivity (Wildman–Crippen MR) is 84.7 cm³/mol. The molecular formula is C13H24AsLiO2Si. The van der Waals surface area contributed by atoms with E-state index < -0.39 is 18.3 Å². The van der Waals surface area contributed by atoms with Crippen molar-refractivity contribution in [3.63, 3.8) is 0 Å². The minimum atomic E-state index is -0.856. The Morgan fingerprint density at radius 1 is 1.00 bits per heavy atom. The molecule has 1 aromatic carbocycles. The van der Waals surface area contributed by atoms with Crippen LogP contribution in [0.15, 0.2) is 30.3 Å². The molecule has 0 aliphatic rings. The summed E-state index contributed by atoms with van der Waals surface area (Å²) in [7, 11) is 3.30. The zero-order chi connectivity index (χ0) is 14.0. The van der Waals surface area contributed by atoms with Gasteiger partial charge in [-0.3, -0.25) is 0 Å². The second-order valence-electron chi connectivity index (χ2n) is 5.05. The minimum absolute atomic E-state index is 0.678. The third-order valence-electron chi connectivity index (χ3n) is 2.64. The average Bonchev–Trinajstić information content (AvgIpc) is 2.36. The van der Waals surface area contributed by atoms with Gasteiger partial charge in [0.05, 0.1) is 13.2 Å². The first kappa shape index (κ1) is 18.5. The van der Waals surface area contributed by atoms with Crippen molar-refractivity contribution in [2.75, 3.05) is 27.4 Å². The van der Waals surface area contributed by atoms with Crippen LogP contribution in [0.5, 0.6) is 0 Å². The van der Waals surface area contributed by atoms with Crippen molar-refractivity contribution in [3.05, 3.63) is 30.3 Å². The molecule has 0 radical (unpaired) electrons. The number of ether oxygens (including phenoxy) is 2. The third-order valence-corrected chi connectivity index (χ3v) is 20.9. The zero-order valence-corrected chi connectivity index (χ0v) is 15.4. The predicted octanol–water partition coefficient (Wildman–Crippen LogP) is 1.75. The van der Waals surface area contributed by atoms with E-state index in [4.69, 9.17) is 0 Å². The van der Waals surface area contributed by atoms with E-state index in [0.29, 0.717) is 13.2 Å². The summed E-state index contributed by atoms with van der Waals surface area (Å²) in [6.07, 6.45) is 0. The molecule has 0 aromatic heterocycles. The molecule has 0 aliphatic carbocycles. The van der Waals surface area contributed by atoms with Crippen molar-refractivity contribution >= 4 is 38.2 Å². The molecule has 1 aromatic rings. The number of methoxy groups -OCH3 is 2. The number of benzene rings is 1. The van der Waals surface area contributed by atoms with Crippen LogP contribution in [0.25, 0.3) is 0 Å². The van der Waals surface area contributed by atoms with Gasteiger partial charge in [-0.1, -0.05) is 0 Å². The fourth-order valence-corrected chi connectivity index (χ4v) is 8.93. The second-order valence-corrected chi connectivity index (χ2v) is 24.8.